The van der Waals surface area contributed by atoms with Gasteiger partial charge in [0.05, 0.1) is 0 Å². The molecule has 2 unspecified atom stereocenters. The minimum Gasteiger partial charge on any atom is -0.0885 e. The third-order valence-electron chi connectivity index (χ3n) is 3.73. The highest BCUT2D eigenvalue weighted by Gasteiger charge is 2.13. The van der Waals surface area contributed by atoms with Gasteiger partial charge in [0.2, 0.25) is 0 Å². The fourth-order valence-corrected chi connectivity index (χ4v) is 3.32. The monoisotopic (exact) mass is 408 g/mol. The summed E-state index contributed by atoms with van der Waals surface area (Å²) in [7, 11) is 0. The molecular weight excluding hydrogens is 376 g/mol. The Morgan fingerprint density at radius 3 is 2.00 bits per heavy atom. The Kier molecular flexibility index (Phi) is 16.6. The van der Waals surface area contributed by atoms with Gasteiger partial charge in [0.1, 0.15) is 0 Å². The van der Waals surface area contributed by atoms with E-state index >= 15 is 0 Å². The summed E-state index contributed by atoms with van der Waals surface area (Å²) in [5.74, 6) is 0. The molecule has 0 saturated carbocycles. The fraction of sp³-hybridized carbons (Fsp3) is 0.889. The first-order valence-corrected chi connectivity index (χ1v) is 10.5. The third-order valence-corrected chi connectivity index (χ3v) is 6.55. The zero-order valence-electron chi connectivity index (χ0n) is 13.6. The highest BCUT2D eigenvalue weighted by molar-refractivity contribution is 9.12. The lowest BCUT2D eigenvalue weighted by Gasteiger charge is -2.15. The van der Waals surface area contributed by atoms with Crippen LogP contribution in [0.5, 0.6) is 0 Å². The van der Waals surface area contributed by atoms with Crippen LogP contribution in [0.3, 0.4) is 0 Å². The summed E-state index contributed by atoms with van der Waals surface area (Å²) < 4.78 is 0. The fourth-order valence-electron chi connectivity index (χ4n) is 2.30. The molecule has 0 amide bonds. The molecule has 0 aliphatic carbocycles. The van der Waals surface area contributed by atoms with Crippen molar-refractivity contribution in [3.05, 3.63) is 12.2 Å². The number of rotatable bonds is 14. The van der Waals surface area contributed by atoms with Crippen molar-refractivity contribution < 1.29 is 0 Å². The van der Waals surface area contributed by atoms with E-state index in [0.717, 1.165) is 6.42 Å². The van der Waals surface area contributed by atoms with Crippen molar-refractivity contribution in [3.63, 3.8) is 0 Å². The maximum atomic E-state index is 3.84. The molecule has 0 nitrogen and oxygen atoms in total. The van der Waals surface area contributed by atoms with E-state index < -0.39 is 0 Å². The standard InChI is InChI=1S/C18H34Br2/c1-3-5-7-9-11-13-15-17(19)18(20)16-14-12-10-8-6-4-2/h11,13,17-18H,3-10,12,14-16H2,1-2H3/b13-11+. The Balaban J connectivity index is 3.48. The summed E-state index contributed by atoms with van der Waals surface area (Å²) in [6.45, 7) is 4.54. The van der Waals surface area contributed by atoms with Crippen LogP contribution in [0.2, 0.25) is 0 Å². The van der Waals surface area contributed by atoms with Crippen LogP contribution in [0.15, 0.2) is 12.2 Å². The summed E-state index contributed by atoms with van der Waals surface area (Å²) in [5, 5.41) is 0. The summed E-state index contributed by atoms with van der Waals surface area (Å²) >= 11 is 7.66. The summed E-state index contributed by atoms with van der Waals surface area (Å²) in [5.41, 5.74) is 0. The molecule has 0 N–H and O–H groups in total. The van der Waals surface area contributed by atoms with E-state index in [2.05, 4.69) is 57.9 Å². The normalized spacial score (nSPS) is 14.8. The minimum atomic E-state index is 0.584. The van der Waals surface area contributed by atoms with Crippen molar-refractivity contribution in [2.24, 2.45) is 0 Å². The first kappa shape index (κ1) is 20.7. The lowest BCUT2D eigenvalue weighted by molar-refractivity contribution is 0.579. The smallest absolute Gasteiger partial charge is 0.0305 e. The average molecular weight is 410 g/mol. The molecule has 0 aromatic heterocycles. The van der Waals surface area contributed by atoms with Crippen LogP contribution in [-0.2, 0) is 0 Å². The molecule has 20 heavy (non-hydrogen) atoms. The Hall–Kier alpha value is 0.700. The molecular formula is C18H34Br2. The Morgan fingerprint density at radius 1 is 0.700 bits per heavy atom. The van der Waals surface area contributed by atoms with Crippen LogP contribution >= 0.6 is 31.9 Å². The van der Waals surface area contributed by atoms with E-state index in [0.29, 0.717) is 9.65 Å². The maximum absolute atomic E-state index is 3.84. The molecule has 0 heterocycles. The van der Waals surface area contributed by atoms with Crippen LogP contribution in [0, 0.1) is 0 Å². The molecule has 2 heteroatoms. The van der Waals surface area contributed by atoms with E-state index in [1.54, 1.807) is 0 Å². The number of hydrogen-bond donors (Lipinski definition) is 0. The van der Waals surface area contributed by atoms with Gasteiger partial charge in [0, 0.05) is 9.65 Å². The number of halogens is 2. The number of unbranched alkanes of at least 4 members (excludes halogenated alkanes) is 8. The first-order chi connectivity index (χ1) is 9.72. The van der Waals surface area contributed by atoms with Gasteiger partial charge in [0.25, 0.3) is 0 Å². The van der Waals surface area contributed by atoms with Gasteiger partial charge < -0.3 is 0 Å². The van der Waals surface area contributed by atoms with Crippen molar-refractivity contribution >= 4 is 31.9 Å². The topological polar surface area (TPSA) is 0 Å². The van der Waals surface area contributed by atoms with Gasteiger partial charge in [-0.2, -0.15) is 0 Å². The second-order valence-electron chi connectivity index (χ2n) is 5.79. The molecule has 0 bridgehead atoms. The number of allylic oxidation sites excluding steroid dienone is 2. The molecule has 2 atom stereocenters. The highest BCUT2D eigenvalue weighted by Crippen LogP contribution is 2.24. The van der Waals surface area contributed by atoms with Gasteiger partial charge in [-0.05, 0) is 25.7 Å². The predicted octanol–water partition coefficient (Wildman–Crippen LogP) is 7.79. The molecule has 0 aromatic carbocycles. The molecule has 0 aromatic rings. The lowest BCUT2D eigenvalue weighted by Crippen LogP contribution is -2.12. The summed E-state index contributed by atoms with van der Waals surface area (Å²) in [6, 6.07) is 0. The predicted molar refractivity (Wildman–Crippen MR) is 101 cm³/mol. The molecule has 120 valence electrons. The van der Waals surface area contributed by atoms with Crippen LogP contribution in [0.1, 0.15) is 90.9 Å². The SMILES string of the molecule is CCCCC/C=C/CC(Br)C(Br)CCCCCCCC. The van der Waals surface area contributed by atoms with Crippen LogP contribution in [0.25, 0.3) is 0 Å². The van der Waals surface area contributed by atoms with Gasteiger partial charge in [-0.25, -0.2) is 0 Å². The van der Waals surface area contributed by atoms with Gasteiger partial charge in [-0.1, -0.05) is 109 Å². The molecule has 0 aliphatic heterocycles. The minimum absolute atomic E-state index is 0.584. The van der Waals surface area contributed by atoms with Gasteiger partial charge in [-0.15, -0.1) is 0 Å². The van der Waals surface area contributed by atoms with E-state index in [1.807, 2.05) is 0 Å². The van der Waals surface area contributed by atoms with E-state index in [1.165, 1.54) is 70.6 Å². The lowest BCUT2D eigenvalue weighted by atomic mass is 10.1. The van der Waals surface area contributed by atoms with Gasteiger partial charge in [0.15, 0.2) is 0 Å². The van der Waals surface area contributed by atoms with Crippen molar-refractivity contribution in [2.75, 3.05) is 0 Å². The Labute approximate surface area is 144 Å². The van der Waals surface area contributed by atoms with Gasteiger partial charge in [-0.3, -0.25) is 0 Å². The third kappa shape index (κ3) is 13.7. The second kappa shape index (κ2) is 16.1. The molecule has 0 fully saturated rings. The Morgan fingerprint density at radius 2 is 1.30 bits per heavy atom. The van der Waals surface area contributed by atoms with Crippen molar-refractivity contribution in [2.45, 2.75) is 101 Å². The second-order valence-corrected chi connectivity index (χ2v) is 8.14. The average Bonchev–Trinajstić information content (AvgIpc) is 2.45. The molecule has 0 radical (unpaired) electrons. The van der Waals surface area contributed by atoms with Crippen LogP contribution in [0.4, 0.5) is 0 Å². The summed E-state index contributed by atoms with van der Waals surface area (Å²) in [6.07, 6.45) is 20.8. The van der Waals surface area contributed by atoms with Crippen molar-refractivity contribution in [3.8, 4) is 0 Å². The highest BCUT2D eigenvalue weighted by atomic mass is 79.9. The van der Waals surface area contributed by atoms with Crippen LogP contribution in [-0.4, -0.2) is 9.65 Å². The molecule has 0 saturated heterocycles. The molecule has 0 spiro atoms. The maximum Gasteiger partial charge on any atom is 0.0305 e. The van der Waals surface area contributed by atoms with E-state index in [-0.39, 0.29) is 0 Å². The molecule has 0 rings (SSSR count). The number of hydrogen-bond acceptors (Lipinski definition) is 0. The van der Waals surface area contributed by atoms with E-state index in [9.17, 15) is 0 Å². The zero-order valence-corrected chi connectivity index (χ0v) is 16.7. The molecule has 0 aliphatic rings. The number of alkyl halides is 2. The summed E-state index contributed by atoms with van der Waals surface area (Å²) in [4.78, 5) is 1.20. The van der Waals surface area contributed by atoms with Crippen molar-refractivity contribution in [1.29, 1.82) is 0 Å². The van der Waals surface area contributed by atoms with Gasteiger partial charge >= 0.3 is 0 Å². The Bertz CT molecular complexity index is 213. The largest absolute Gasteiger partial charge is 0.0885 e. The van der Waals surface area contributed by atoms with Crippen molar-refractivity contribution in [1.82, 2.24) is 0 Å². The quantitative estimate of drug-likeness (QED) is 0.156. The first-order valence-electron chi connectivity index (χ1n) is 8.65. The zero-order chi connectivity index (χ0) is 15.1. The van der Waals surface area contributed by atoms with E-state index in [4.69, 9.17) is 0 Å². The van der Waals surface area contributed by atoms with Crippen LogP contribution < -0.4 is 0 Å².